The first-order valence-electron chi connectivity index (χ1n) is 4.85. The summed E-state index contributed by atoms with van der Waals surface area (Å²) in [5, 5.41) is 8.95. The second kappa shape index (κ2) is 2.48. The fraction of sp³-hybridized carbons (Fsp3) is 1.00. The van der Waals surface area contributed by atoms with Crippen molar-refractivity contribution >= 4 is 0 Å². The molecule has 64 valence electrons. The normalized spacial score (nSPS) is 43.6. The van der Waals surface area contributed by atoms with E-state index in [1.165, 1.54) is 32.1 Å². The summed E-state index contributed by atoms with van der Waals surface area (Å²) in [7, 11) is 0. The third kappa shape index (κ3) is 1.31. The molecule has 1 N–H and O–H groups in total. The molecule has 2 atom stereocenters. The highest BCUT2D eigenvalue weighted by Crippen LogP contribution is 2.57. The Labute approximate surface area is 68.8 Å². The van der Waals surface area contributed by atoms with Crippen molar-refractivity contribution in [2.24, 2.45) is 17.3 Å². The Morgan fingerprint density at radius 1 is 1.45 bits per heavy atom. The second-order valence-corrected chi connectivity index (χ2v) is 4.74. The van der Waals surface area contributed by atoms with Crippen molar-refractivity contribution < 1.29 is 5.11 Å². The van der Waals surface area contributed by atoms with E-state index < -0.39 is 0 Å². The average molecular weight is 154 g/mol. The van der Waals surface area contributed by atoms with Gasteiger partial charge in [0.25, 0.3) is 0 Å². The van der Waals surface area contributed by atoms with Crippen molar-refractivity contribution in [3.05, 3.63) is 0 Å². The first kappa shape index (κ1) is 7.60. The van der Waals surface area contributed by atoms with Gasteiger partial charge < -0.3 is 5.11 Å². The van der Waals surface area contributed by atoms with Crippen LogP contribution >= 0.6 is 0 Å². The van der Waals surface area contributed by atoms with Crippen LogP contribution in [0.25, 0.3) is 0 Å². The summed E-state index contributed by atoms with van der Waals surface area (Å²) in [4.78, 5) is 0. The molecule has 0 aromatic carbocycles. The lowest BCUT2D eigenvalue weighted by Gasteiger charge is -2.28. The van der Waals surface area contributed by atoms with Crippen LogP contribution in [0.2, 0.25) is 0 Å². The van der Waals surface area contributed by atoms with Crippen molar-refractivity contribution in [1.82, 2.24) is 0 Å². The van der Waals surface area contributed by atoms with Crippen molar-refractivity contribution in [3.8, 4) is 0 Å². The zero-order valence-corrected chi connectivity index (χ0v) is 7.34. The van der Waals surface area contributed by atoms with Gasteiger partial charge >= 0.3 is 0 Å². The Bertz CT molecular complexity index is 151. The topological polar surface area (TPSA) is 20.2 Å². The van der Waals surface area contributed by atoms with E-state index in [0.29, 0.717) is 17.9 Å². The molecule has 0 aliphatic heterocycles. The molecule has 2 fully saturated rings. The quantitative estimate of drug-likeness (QED) is 0.660. The molecule has 2 unspecified atom stereocenters. The number of aliphatic hydroxyl groups is 1. The van der Waals surface area contributed by atoms with E-state index in [4.69, 9.17) is 5.11 Å². The summed E-state index contributed by atoms with van der Waals surface area (Å²) in [6, 6.07) is 0. The Hall–Kier alpha value is -0.0400. The number of rotatable bonds is 3. The number of aliphatic hydroxyl groups excluding tert-OH is 1. The lowest BCUT2D eigenvalue weighted by atomic mass is 9.78. The molecular formula is C10H18O. The van der Waals surface area contributed by atoms with Crippen LogP contribution in [0, 0.1) is 17.3 Å². The van der Waals surface area contributed by atoms with Crippen LogP contribution in [0.15, 0.2) is 0 Å². The van der Waals surface area contributed by atoms with Gasteiger partial charge in [-0.15, -0.1) is 0 Å². The highest BCUT2D eigenvalue weighted by Gasteiger charge is 2.50. The summed E-state index contributed by atoms with van der Waals surface area (Å²) in [6.45, 7) is 2.76. The third-order valence-electron chi connectivity index (χ3n) is 3.74. The molecule has 2 rings (SSSR count). The number of hydrogen-bond acceptors (Lipinski definition) is 1. The minimum Gasteiger partial charge on any atom is -0.396 e. The van der Waals surface area contributed by atoms with Gasteiger partial charge in [-0.25, -0.2) is 0 Å². The molecule has 1 heteroatoms. The summed E-state index contributed by atoms with van der Waals surface area (Å²) < 4.78 is 0. The Balaban J connectivity index is 1.77. The predicted molar refractivity (Wildman–Crippen MR) is 45.3 cm³/mol. The van der Waals surface area contributed by atoms with E-state index >= 15 is 0 Å². The highest BCUT2D eigenvalue weighted by molar-refractivity contribution is 5.00. The SMILES string of the molecule is CC1(CC2CCC2)CC1CO. The molecule has 0 heterocycles. The Morgan fingerprint density at radius 2 is 2.18 bits per heavy atom. The van der Waals surface area contributed by atoms with Gasteiger partial charge in [-0.2, -0.15) is 0 Å². The molecule has 0 saturated heterocycles. The van der Waals surface area contributed by atoms with Crippen LogP contribution in [0.4, 0.5) is 0 Å². The average Bonchev–Trinajstić information content (AvgIpc) is 2.55. The van der Waals surface area contributed by atoms with Gasteiger partial charge in [-0.05, 0) is 30.1 Å². The lowest BCUT2D eigenvalue weighted by Crippen LogP contribution is -2.16. The van der Waals surface area contributed by atoms with Gasteiger partial charge in [0.1, 0.15) is 0 Å². The van der Waals surface area contributed by atoms with Crippen LogP contribution in [0.3, 0.4) is 0 Å². The van der Waals surface area contributed by atoms with E-state index in [1.54, 1.807) is 0 Å². The molecule has 11 heavy (non-hydrogen) atoms. The van der Waals surface area contributed by atoms with E-state index in [-0.39, 0.29) is 0 Å². The maximum Gasteiger partial charge on any atom is 0.0464 e. The largest absolute Gasteiger partial charge is 0.396 e. The maximum absolute atomic E-state index is 8.95. The lowest BCUT2D eigenvalue weighted by molar-refractivity contribution is 0.206. The molecule has 2 aliphatic carbocycles. The zero-order chi connectivity index (χ0) is 7.90. The fourth-order valence-electron chi connectivity index (χ4n) is 2.40. The van der Waals surface area contributed by atoms with Gasteiger partial charge in [-0.1, -0.05) is 26.2 Å². The molecule has 2 saturated carbocycles. The van der Waals surface area contributed by atoms with Crippen LogP contribution < -0.4 is 0 Å². The van der Waals surface area contributed by atoms with Crippen LogP contribution in [-0.2, 0) is 0 Å². The van der Waals surface area contributed by atoms with Gasteiger partial charge in [0, 0.05) is 6.61 Å². The molecular weight excluding hydrogens is 136 g/mol. The van der Waals surface area contributed by atoms with Crippen LogP contribution in [0.1, 0.15) is 39.0 Å². The summed E-state index contributed by atoms with van der Waals surface area (Å²) in [6.07, 6.45) is 7.02. The van der Waals surface area contributed by atoms with Gasteiger partial charge in [0.15, 0.2) is 0 Å². The first-order chi connectivity index (χ1) is 5.24. The molecule has 0 aromatic heterocycles. The van der Waals surface area contributed by atoms with Crippen molar-refractivity contribution in [1.29, 1.82) is 0 Å². The molecule has 0 aromatic rings. The third-order valence-corrected chi connectivity index (χ3v) is 3.74. The monoisotopic (exact) mass is 154 g/mol. The maximum atomic E-state index is 8.95. The highest BCUT2D eigenvalue weighted by atomic mass is 16.3. The van der Waals surface area contributed by atoms with E-state index in [1.807, 2.05) is 0 Å². The zero-order valence-electron chi connectivity index (χ0n) is 7.34. The van der Waals surface area contributed by atoms with E-state index in [0.717, 1.165) is 5.92 Å². The van der Waals surface area contributed by atoms with Gasteiger partial charge in [0.2, 0.25) is 0 Å². The van der Waals surface area contributed by atoms with Crippen molar-refractivity contribution in [2.45, 2.75) is 39.0 Å². The molecule has 0 bridgehead atoms. The predicted octanol–water partition coefficient (Wildman–Crippen LogP) is 2.20. The van der Waals surface area contributed by atoms with E-state index in [2.05, 4.69) is 6.92 Å². The van der Waals surface area contributed by atoms with Gasteiger partial charge in [-0.3, -0.25) is 0 Å². The van der Waals surface area contributed by atoms with Crippen molar-refractivity contribution in [2.75, 3.05) is 6.61 Å². The first-order valence-corrected chi connectivity index (χ1v) is 4.85. The van der Waals surface area contributed by atoms with Crippen molar-refractivity contribution in [3.63, 3.8) is 0 Å². The second-order valence-electron chi connectivity index (χ2n) is 4.74. The summed E-state index contributed by atoms with van der Waals surface area (Å²) >= 11 is 0. The fourth-order valence-corrected chi connectivity index (χ4v) is 2.40. The summed E-state index contributed by atoms with van der Waals surface area (Å²) in [5.74, 6) is 1.65. The molecule has 1 nitrogen and oxygen atoms in total. The number of hydrogen-bond donors (Lipinski definition) is 1. The summed E-state index contributed by atoms with van der Waals surface area (Å²) in [5.41, 5.74) is 0.542. The van der Waals surface area contributed by atoms with Crippen LogP contribution in [-0.4, -0.2) is 11.7 Å². The van der Waals surface area contributed by atoms with E-state index in [9.17, 15) is 0 Å². The Morgan fingerprint density at radius 3 is 2.55 bits per heavy atom. The minimum absolute atomic E-state index is 0.420. The molecule has 0 amide bonds. The van der Waals surface area contributed by atoms with Gasteiger partial charge in [0.05, 0.1) is 0 Å². The minimum atomic E-state index is 0.420. The molecule has 2 aliphatic rings. The van der Waals surface area contributed by atoms with Crippen LogP contribution in [0.5, 0.6) is 0 Å². The Kier molecular flexibility index (Phi) is 1.71. The molecule has 0 radical (unpaired) electrons. The smallest absolute Gasteiger partial charge is 0.0464 e. The standard InChI is InChI=1S/C10H18O/c1-10(6-9(10)7-11)5-8-3-2-4-8/h8-9,11H,2-7H2,1H3. The molecule has 0 spiro atoms.